The molecule has 0 aliphatic rings. The second kappa shape index (κ2) is 11.6. The van der Waals surface area contributed by atoms with Crippen LogP contribution in [0.4, 0.5) is 22.0 Å². The second-order valence-electron chi connectivity index (χ2n) is 5.58. The van der Waals surface area contributed by atoms with Gasteiger partial charge in [-0.2, -0.15) is 22.0 Å². The number of nitrogens with one attached hydrogen (secondary N) is 1. The van der Waals surface area contributed by atoms with Gasteiger partial charge in [0.25, 0.3) is 0 Å². The van der Waals surface area contributed by atoms with E-state index in [9.17, 15) is 31.9 Å². The summed E-state index contributed by atoms with van der Waals surface area (Å²) in [5.74, 6) is -5.24. The molecule has 0 bridgehead atoms. The highest BCUT2D eigenvalue weighted by Gasteiger charge is 2.56. The molecular formula is C15H25F5NO2. The van der Waals surface area contributed by atoms with Crippen LogP contribution in [0.3, 0.4) is 0 Å². The topological polar surface area (TPSA) is 49.0 Å². The number of hydrogen-bond acceptors (Lipinski definition) is 1. The molecule has 1 radical (unpaired) electrons. The lowest BCUT2D eigenvalue weighted by Crippen LogP contribution is -2.36. The molecule has 3 nitrogen and oxygen atoms in total. The Hall–Kier alpha value is -0.920. The van der Waals surface area contributed by atoms with Crippen molar-refractivity contribution >= 4 is 5.91 Å². The van der Waals surface area contributed by atoms with E-state index in [0.29, 0.717) is 13.0 Å². The van der Waals surface area contributed by atoms with Crippen LogP contribution in [0, 0.1) is 0 Å². The van der Waals surface area contributed by atoms with E-state index in [1.165, 1.54) is 0 Å². The summed E-state index contributed by atoms with van der Waals surface area (Å²) >= 11 is 0. The highest BCUT2D eigenvalue weighted by atomic mass is 19.4. The largest absolute Gasteiger partial charge is 0.453 e. The van der Waals surface area contributed by atoms with Gasteiger partial charge in [-0.15, -0.1) is 0 Å². The van der Waals surface area contributed by atoms with Gasteiger partial charge >= 0.3 is 12.1 Å². The highest BCUT2D eigenvalue weighted by molar-refractivity contribution is 5.75. The van der Waals surface area contributed by atoms with Crippen molar-refractivity contribution in [3.63, 3.8) is 0 Å². The van der Waals surface area contributed by atoms with Crippen LogP contribution in [-0.2, 0) is 9.90 Å². The predicted molar refractivity (Wildman–Crippen MR) is 75.7 cm³/mol. The van der Waals surface area contributed by atoms with Gasteiger partial charge in [0, 0.05) is 19.4 Å². The SMILES string of the molecule is [O]CCCCCCCCCNC(=O)CCCC(F)(F)C(F)(F)F. The first-order valence-corrected chi connectivity index (χ1v) is 8.00. The minimum absolute atomic E-state index is 0.0407. The van der Waals surface area contributed by atoms with Gasteiger partial charge in [0.2, 0.25) is 5.91 Å². The van der Waals surface area contributed by atoms with E-state index in [4.69, 9.17) is 0 Å². The first-order valence-electron chi connectivity index (χ1n) is 8.00. The fourth-order valence-electron chi connectivity index (χ4n) is 2.04. The van der Waals surface area contributed by atoms with Crippen LogP contribution < -0.4 is 5.32 Å². The third-order valence-electron chi connectivity index (χ3n) is 3.45. The molecule has 0 heterocycles. The van der Waals surface area contributed by atoms with Crippen LogP contribution in [0.25, 0.3) is 0 Å². The van der Waals surface area contributed by atoms with Crippen molar-refractivity contribution in [2.45, 2.75) is 76.3 Å². The number of hydrogen-bond donors (Lipinski definition) is 1. The maximum atomic E-state index is 12.6. The van der Waals surface area contributed by atoms with Gasteiger partial charge in [0.1, 0.15) is 0 Å². The molecule has 23 heavy (non-hydrogen) atoms. The van der Waals surface area contributed by atoms with Crippen molar-refractivity contribution in [1.29, 1.82) is 0 Å². The number of carbonyl (C=O) groups excluding carboxylic acids is 1. The third kappa shape index (κ3) is 11.3. The van der Waals surface area contributed by atoms with E-state index in [-0.39, 0.29) is 13.0 Å². The molecule has 0 aliphatic heterocycles. The van der Waals surface area contributed by atoms with Crippen LogP contribution in [0.15, 0.2) is 0 Å². The van der Waals surface area contributed by atoms with Crippen LogP contribution in [-0.4, -0.2) is 31.2 Å². The van der Waals surface area contributed by atoms with Gasteiger partial charge in [0.05, 0.1) is 6.61 Å². The van der Waals surface area contributed by atoms with E-state index in [1.54, 1.807) is 0 Å². The fourth-order valence-corrected chi connectivity index (χ4v) is 2.04. The van der Waals surface area contributed by atoms with E-state index in [1.807, 2.05) is 0 Å². The maximum Gasteiger partial charge on any atom is 0.453 e. The molecule has 1 amide bonds. The number of unbranched alkanes of at least 4 members (excludes halogenated alkanes) is 6. The van der Waals surface area contributed by atoms with Crippen LogP contribution in [0.1, 0.15) is 64.2 Å². The Morgan fingerprint density at radius 1 is 0.783 bits per heavy atom. The Labute approximate surface area is 133 Å². The quantitative estimate of drug-likeness (QED) is 0.383. The zero-order chi connectivity index (χ0) is 17.8. The molecule has 0 aliphatic carbocycles. The molecule has 0 saturated carbocycles. The number of rotatable bonds is 13. The fraction of sp³-hybridized carbons (Fsp3) is 0.933. The first-order chi connectivity index (χ1) is 10.7. The van der Waals surface area contributed by atoms with Crippen LogP contribution >= 0.6 is 0 Å². The number of carbonyl (C=O) groups is 1. The van der Waals surface area contributed by atoms with Crippen molar-refractivity contribution in [3.05, 3.63) is 0 Å². The zero-order valence-electron chi connectivity index (χ0n) is 13.2. The molecule has 1 N–H and O–H groups in total. The maximum absolute atomic E-state index is 12.6. The van der Waals surface area contributed by atoms with Crippen molar-refractivity contribution in [3.8, 4) is 0 Å². The smallest absolute Gasteiger partial charge is 0.356 e. The van der Waals surface area contributed by atoms with E-state index in [0.717, 1.165) is 38.5 Å². The molecule has 0 rings (SSSR count). The van der Waals surface area contributed by atoms with Gasteiger partial charge in [-0.25, -0.2) is 5.11 Å². The molecular weight excluding hydrogens is 321 g/mol. The molecule has 137 valence electrons. The summed E-state index contributed by atoms with van der Waals surface area (Å²) in [6.07, 6.45) is -1.44. The first kappa shape index (κ1) is 22.1. The molecule has 0 atom stereocenters. The van der Waals surface area contributed by atoms with Gasteiger partial charge in [-0.3, -0.25) is 4.79 Å². The summed E-state index contributed by atoms with van der Waals surface area (Å²) in [5.41, 5.74) is 0. The summed E-state index contributed by atoms with van der Waals surface area (Å²) in [4.78, 5) is 11.3. The van der Waals surface area contributed by atoms with Crippen molar-refractivity contribution in [1.82, 2.24) is 5.32 Å². The molecule has 0 saturated heterocycles. The zero-order valence-corrected chi connectivity index (χ0v) is 13.2. The molecule has 0 aromatic heterocycles. The Bertz CT molecular complexity index is 321. The monoisotopic (exact) mass is 346 g/mol. The minimum atomic E-state index is -5.56. The van der Waals surface area contributed by atoms with Crippen LogP contribution in [0.2, 0.25) is 0 Å². The second-order valence-corrected chi connectivity index (χ2v) is 5.58. The number of amides is 1. The van der Waals surface area contributed by atoms with Crippen molar-refractivity contribution < 1.29 is 31.9 Å². The van der Waals surface area contributed by atoms with Crippen molar-refractivity contribution in [2.75, 3.05) is 13.2 Å². The molecule has 8 heteroatoms. The Morgan fingerprint density at radius 3 is 1.83 bits per heavy atom. The van der Waals surface area contributed by atoms with Gasteiger partial charge in [-0.05, 0) is 19.3 Å². The van der Waals surface area contributed by atoms with Gasteiger partial charge in [-0.1, -0.05) is 32.1 Å². The highest BCUT2D eigenvalue weighted by Crippen LogP contribution is 2.38. The molecule has 0 fully saturated rings. The molecule has 0 unspecified atom stereocenters. The normalized spacial score (nSPS) is 12.4. The van der Waals surface area contributed by atoms with Crippen molar-refractivity contribution in [2.24, 2.45) is 0 Å². The lowest BCUT2D eigenvalue weighted by Gasteiger charge is -2.19. The number of alkyl halides is 5. The molecule has 0 spiro atoms. The summed E-state index contributed by atoms with van der Waals surface area (Å²) in [7, 11) is 0. The lowest BCUT2D eigenvalue weighted by atomic mass is 10.1. The average Bonchev–Trinajstić information content (AvgIpc) is 2.44. The number of halogens is 5. The molecule has 0 aromatic carbocycles. The summed E-state index contributed by atoms with van der Waals surface area (Å²) in [5, 5.41) is 12.7. The predicted octanol–water partition coefficient (Wildman–Crippen LogP) is 4.63. The Morgan fingerprint density at radius 2 is 1.30 bits per heavy atom. The Kier molecular flexibility index (Phi) is 11.1. The van der Waals surface area contributed by atoms with E-state index in [2.05, 4.69) is 5.32 Å². The van der Waals surface area contributed by atoms with Crippen LogP contribution in [0.5, 0.6) is 0 Å². The standard InChI is InChI=1S/C15H25F5NO2/c16-14(17,15(18,19)20)10-8-9-13(23)21-11-6-4-2-1-3-5-7-12-22/h1-12H2,(H,21,23). The summed E-state index contributed by atoms with van der Waals surface area (Å²) in [6, 6.07) is 0. The van der Waals surface area contributed by atoms with Gasteiger partial charge in [0.15, 0.2) is 0 Å². The lowest BCUT2D eigenvalue weighted by molar-refractivity contribution is -0.284. The Balaban J connectivity index is 3.51. The van der Waals surface area contributed by atoms with E-state index >= 15 is 0 Å². The molecule has 0 aromatic rings. The summed E-state index contributed by atoms with van der Waals surface area (Å²) in [6.45, 7) is 0.357. The average molecular weight is 346 g/mol. The third-order valence-corrected chi connectivity index (χ3v) is 3.45. The summed E-state index contributed by atoms with van der Waals surface area (Å²) < 4.78 is 61.0. The van der Waals surface area contributed by atoms with E-state index < -0.39 is 30.8 Å². The van der Waals surface area contributed by atoms with Gasteiger partial charge < -0.3 is 5.32 Å². The minimum Gasteiger partial charge on any atom is -0.356 e.